The Morgan fingerprint density at radius 2 is 2.25 bits per heavy atom. The molecule has 1 amide bonds. The Balaban J connectivity index is 1.57. The van der Waals surface area contributed by atoms with Crippen LogP contribution in [0.5, 0.6) is 0 Å². The third kappa shape index (κ3) is 3.61. The highest BCUT2D eigenvalue weighted by Crippen LogP contribution is 2.22. The Hall–Kier alpha value is -2.70. The molecule has 1 unspecified atom stereocenters. The number of hydrogen-bond donors (Lipinski definition) is 1. The maximum Gasteiger partial charge on any atom is 0.268 e. The van der Waals surface area contributed by atoms with Gasteiger partial charge < -0.3 is 10.2 Å². The number of carbonyl (C=O) groups excluding carboxylic acids is 1. The van der Waals surface area contributed by atoms with Gasteiger partial charge in [0.05, 0.1) is 17.8 Å². The summed E-state index contributed by atoms with van der Waals surface area (Å²) in [6.07, 6.45) is 2.35. The van der Waals surface area contributed by atoms with Crippen molar-refractivity contribution < 1.29 is 9.18 Å². The first-order valence-corrected chi connectivity index (χ1v) is 7.83. The summed E-state index contributed by atoms with van der Waals surface area (Å²) in [5, 5.41) is 6.85. The van der Waals surface area contributed by atoms with Gasteiger partial charge in [0, 0.05) is 32.7 Å². The molecule has 7 heteroatoms. The van der Waals surface area contributed by atoms with Crippen LogP contribution in [0.25, 0.3) is 0 Å². The Morgan fingerprint density at radius 3 is 3.00 bits per heavy atom. The average Bonchev–Trinajstić information content (AvgIpc) is 3.05. The van der Waals surface area contributed by atoms with E-state index in [1.165, 1.54) is 22.9 Å². The van der Waals surface area contributed by atoms with Crippen molar-refractivity contribution in [3.63, 3.8) is 0 Å². The van der Waals surface area contributed by atoms with Crippen molar-refractivity contribution >= 4 is 11.6 Å². The van der Waals surface area contributed by atoms with Crippen LogP contribution < -0.4 is 15.8 Å². The Kier molecular flexibility index (Phi) is 4.59. The van der Waals surface area contributed by atoms with E-state index in [9.17, 15) is 14.0 Å². The summed E-state index contributed by atoms with van der Waals surface area (Å²) in [5.74, 6) is -0.520. The van der Waals surface area contributed by atoms with Crippen molar-refractivity contribution in [2.24, 2.45) is 13.0 Å². The number of rotatable bonds is 4. The van der Waals surface area contributed by atoms with Crippen LogP contribution in [0.1, 0.15) is 12.0 Å². The molecule has 1 fully saturated rings. The number of amides is 1. The molecule has 1 aromatic carbocycles. The molecule has 0 saturated carbocycles. The second-order valence-electron chi connectivity index (χ2n) is 5.95. The minimum atomic E-state index is -0.313. The van der Waals surface area contributed by atoms with Gasteiger partial charge in [-0.3, -0.25) is 9.59 Å². The molecule has 1 aliphatic rings. The smallest absolute Gasteiger partial charge is 0.268 e. The molecule has 1 aromatic heterocycles. The molecule has 126 valence electrons. The zero-order chi connectivity index (χ0) is 17.1. The summed E-state index contributed by atoms with van der Waals surface area (Å²) in [5.41, 5.74) is 1.29. The van der Waals surface area contributed by atoms with Gasteiger partial charge in [0.25, 0.3) is 5.56 Å². The van der Waals surface area contributed by atoms with Crippen molar-refractivity contribution in [2.75, 3.05) is 18.0 Å². The van der Waals surface area contributed by atoms with Crippen LogP contribution in [-0.4, -0.2) is 28.8 Å². The van der Waals surface area contributed by atoms with Crippen molar-refractivity contribution in [1.29, 1.82) is 0 Å². The Bertz CT molecular complexity index is 805. The second-order valence-corrected chi connectivity index (χ2v) is 5.95. The molecule has 0 bridgehead atoms. The molecule has 2 heterocycles. The lowest BCUT2D eigenvalue weighted by Gasteiger charge is -2.18. The van der Waals surface area contributed by atoms with Gasteiger partial charge in [-0.15, -0.1) is 0 Å². The normalized spacial score (nSPS) is 17.1. The minimum absolute atomic E-state index is 0.0569. The van der Waals surface area contributed by atoms with Crippen LogP contribution in [0, 0.1) is 11.7 Å². The lowest BCUT2D eigenvalue weighted by molar-refractivity contribution is -0.124. The number of hydrogen-bond acceptors (Lipinski definition) is 4. The number of halogens is 1. The fourth-order valence-corrected chi connectivity index (χ4v) is 2.82. The fraction of sp³-hybridized carbons (Fsp3) is 0.353. The van der Waals surface area contributed by atoms with E-state index in [1.807, 2.05) is 4.90 Å². The zero-order valence-electron chi connectivity index (χ0n) is 13.4. The monoisotopic (exact) mass is 330 g/mol. The molecule has 3 rings (SSSR count). The summed E-state index contributed by atoms with van der Waals surface area (Å²) >= 11 is 0. The molecule has 1 atom stereocenters. The van der Waals surface area contributed by atoms with E-state index < -0.39 is 0 Å². The number of nitrogens with one attached hydrogen (secondary N) is 1. The van der Waals surface area contributed by atoms with Gasteiger partial charge in [-0.25, -0.2) is 9.07 Å². The number of carbonyl (C=O) groups is 1. The fourth-order valence-electron chi connectivity index (χ4n) is 2.82. The van der Waals surface area contributed by atoms with Gasteiger partial charge in [-0.1, -0.05) is 12.1 Å². The molecular weight excluding hydrogens is 311 g/mol. The van der Waals surface area contributed by atoms with E-state index in [2.05, 4.69) is 10.4 Å². The third-order valence-corrected chi connectivity index (χ3v) is 4.23. The largest absolute Gasteiger partial charge is 0.369 e. The zero-order valence-corrected chi connectivity index (χ0v) is 13.4. The summed E-state index contributed by atoms with van der Waals surface area (Å²) in [4.78, 5) is 25.9. The predicted molar refractivity (Wildman–Crippen MR) is 88.0 cm³/mol. The lowest BCUT2D eigenvalue weighted by atomic mass is 10.1. The van der Waals surface area contributed by atoms with Crippen molar-refractivity contribution in [3.05, 3.63) is 58.3 Å². The molecule has 0 aliphatic carbocycles. The number of benzene rings is 1. The molecule has 1 N–H and O–H groups in total. The summed E-state index contributed by atoms with van der Waals surface area (Å²) in [6, 6.07) is 7.71. The van der Waals surface area contributed by atoms with E-state index in [1.54, 1.807) is 25.4 Å². The maximum atomic E-state index is 13.1. The SMILES string of the molecule is Cn1ncc(N2CCC(C(=O)NCc3cccc(F)c3)C2)cc1=O. The van der Waals surface area contributed by atoms with Crippen LogP contribution in [-0.2, 0) is 18.4 Å². The van der Waals surface area contributed by atoms with Crippen molar-refractivity contribution in [3.8, 4) is 0 Å². The van der Waals surface area contributed by atoms with Crippen LogP contribution in [0.4, 0.5) is 10.1 Å². The van der Waals surface area contributed by atoms with E-state index in [0.717, 1.165) is 11.3 Å². The number of nitrogens with zero attached hydrogens (tertiary/aromatic N) is 3. The van der Waals surface area contributed by atoms with Gasteiger partial charge in [-0.05, 0) is 24.1 Å². The van der Waals surface area contributed by atoms with Gasteiger partial charge in [0.2, 0.25) is 5.91 Å². The predicted octanol–water partition coefficient (Wildman–Crippen LogP) is 1.06. The van der Waals surface area contributed by atoms with Crippen LogP contribution in [0.15, 0.2) is 41.3 Å². The van der Waals surface area contributed by atoms with Crippen molar-refractivity contribution in [1.82, 2.24) is 15.1 Å². The van der Waals surface area contributed by atoms with Crippen molar-refractivity contribution in [2.45, 2.75) is 13.0 Å². The lowest BCUT2D eigenvalue weighted by Crippen LogP contribution is -2.32. The van der Waals surface area contributed by atoms with E-state index in [4.69, 9.17) is 0 Å². The molecule has 6 nitrogen and oxygen atoms in total. The maximum absolute atomic E-state index is 13.1. The third-order valence-electron chi connectivity index (χ3n) is 4.23. The van der Waals surface area contributed by atoms with E-state index >= 15 is 0 Å². The van der Waals surface area contributed by atoms with Crippen LogP contribution in [0.2, 0.25) is 0 Å². The Morgan fingerprint density at radius 1 is 1.42 bits per heavy atom. The number of aryl methyl sites for hydroxylation is 1. The molecule has 0 radical (unpaired) electrons. The highest BCUT2D eigenvalue weighted by molar-refractivity contribution is 5.80. The first-order valence-electron chi connectivity index (χ1n) is 7.83. The van der Waals surface area contributed by atoms with Crippen LogP contribution >= 0.6 is 0 Å². The molecule has 0 spiro atoms. The second kappa shape index (κ2) is 6.82. The van der Waals surface area contributed by atoms with Gasteiger partial charge in [0.1, 0.15) is 5.82 Å². The molecular formula is C17H19FN4O2. The number of anilines is 1. The highest BCUT2D eigenvalue weighted by Gasteiger charge is 2.28. The molecule has 1 aliphatic heterocycles. The number of aromatic nitrogens is 2. The van der Waals surface area contributed by atoms with E-state index in [-0.39, 0.29) is 23.2 Å². The minimum Gasteiger partial charge on any atom is -0.369 e. The quantitative estimate of drug-likeness (QED) is 0.910. The van der Waals surface area contributed by atoms with Gasteiger partial charge in [-0.2, -0.15) is 5.10 Å². The molecule has 2 aromatic rings. The van der Waals surface area contributed by atoms with E-state index in [0.29, 0.717) is 26.1 Å². The van der Waals surface area contributed by atoms with Gasteiger partial charge in [0.15, 0.2) is 0 Å². The first-order chi connectivity index (χ1) is 11.5. The standard InChI is InChI=1S/C17H19FN4O2/c1-21-16(23)8-15(10-20-21)22-6-5-13(11-22)17(24)19-9-12-3-2-4-14(18)7-12/h2-4,7-8,10,13H,5-6,9,11H2,1H3,(H,19,24). The first kappa shape index (κ1) is 16.2. The van der Waals surface area contributed by atoms with Gasteiger partial charge >= 0.3 is 0 Å². The summed E-state index contributed by atoms with van der Waals surface area (Å²) < 4.78 is 14.4. The molecule has 24 heavy (non-hydrogen) atoms. The topological polar surface area (TPSA) is 67.2 Å². The average molecular weight is 330 g/mol. The Labute approximate surface area is 138 Å². The summed E-state index contributed by atoms with van der Waals surface area (Å²) in [6.45, 7) is 1.55. The summed E-state index contributed by atoms with van der Waals surface area (Å²) in [7, 11) is 1.60. The highest BCUT2D eigenvalue weighted by atomic mass is 19.1. The van der Waals surface area contributed by atoms with Crippen LogP contribution in [0.3, 0.4) is 0 Å². The molecule has 1 saturated heterocycles.